The van der Waals surface area contributed by atoms with E-state index in [1.54, 1.807) is 12.0 Å². The fraction of sp³-hybridized carbons (Fsp3) is 0.160. The number of methoxy groups -OCH3 is 1. The number of halogens is 3. The van der Waals surface area contributed by atoms with Crippen LogP contribution < -0.4 is 10.1 Å². The van der Waals surface area contributed by atoms with Crippen LogP contribution in [0.5, 0.6) is 5.75 Å². The molecule has 0 aliphatic carbocycles. The molecule has 1 atom stereocenters. The van der Waals surface area contributed by atoms with Crippen molar-refractivity contribution in [3.63, 3.8) is 0 Å². The molecule has 0 saturated heterocycles. The molecule has 0 bridgehead atoms. The second-order valence-electron chi connectivity index (χ2n) is 7.89. The van der Waals surface area contributed by atoms with E-state index in [4.69, 9.17) is 27.9 Å². The van der Waals surface area contributed by atoms with Gasteiger partial charge in [0.1, 0.15) is 11.6 Å². The molecule has 2 heterocycles. The maximum Gasteiger partial charge on any atom is 0.322 e. The number of amides is 2. The first-order chi connectivity index (χ1) is 15.9. The van der Waals surface area contributed by atoms with Crippen molar-refractivity contribution in [3.8, 4) is 5.75 Å². The van der Waals surface area contributed by atoms with E-state index >= 15 is 0 Å². The number of carbonyl (C=O) groups is 1. The Hall–Kier alpha value is -3.22. The van der Waals surface area contributed by atoms with Crippen molar-refractivity contribution >= 4 is 45.8 Å². The van der Waals surface area contributed by atoms with Gasteiger partial charge in [-0.3, -0.25) is 0 Å². The quantitative estimate of drug-likeness (QED) is 0.336. The molecule has 0 radical (unpaired) electrons. The second-order valence-corrected chi connectivity index (χ2v) is 8.73. The van der Waals surface area contributed by atoms with Gasteiger partial charge in [0, 0.05) is 33.9 Å². The van der Waals surface area contributed by atoms with Crippen molar-refractivity contribution in [2.24, 2.45) is 0 Å². The number of ether oxygens (including phenoxy) is 1. The first-order valence-electron chi connectivity index (χ1n) is 10.4. The number of nitrogens with zero attached hydrogens (tertiary/aromatic N) is 1. The number of aromatic amines is 1. The number of rotatable bonds is 3. The minimum Gasteiger partial charge on any atom is -0.497 e. The SMILES string of the molecule is COc1ccc(C2c3[nH]c4ccc(Cl)cc4c3CCN2C(=O)Nc2ccc(F)c(Cl)c2)cc1. The summed E-state index contributed by atoms with van der Waals surface area (Å²) in [6, 6.07) is 16.9. The molecule has 5 nitrogen and oxygen atoms in total. The highest BCUT2D eigenvalue weighted by atomic mass is 35.5. The van der Waals surface area contributed by atoms with E-state index in [1.165, 1.54) is 18.2 Å². The monoisotopic (exact) mass is 483 g/mol. The maximum atomic E-state index is 13.6. The smallest absolute Gasteiger partial charge is 0.322 e. The molecule has 1 aromatic heterocycles. The van der Waals surface area contributed by atoms with Gasteiger partial charge in [0.25, 0.3) is 0 Å². The van der Waals surface area contributed by atoms with Crippen LogP contribution in [0, 0.1) is 5.82 Å². The molecule has 3 aromatic carbocycles. The average molecular weight is 484 g/mol. The summed E-state index contributed by atoms with van der Waals surface area (Å²) in [6.45, 7) is 0.490. The number of benzene rings is 3. The number of carbonyl (C=O) groups excluding carboxylic acids is 1. The molecule has 0 saturated carbocycles. The molecular formula is C25H20Cl2FN3O2. The number of fused-ring (bicyclic) bond motifs is 3. The summed E-state index contributed by atoms with van der Waals surface area (Å²) < 4.78 is 18.9. The first-order valence-corrected chi connectivity index (χ1v) is 11.2. The van der Waals surface area contributed by atoms with E-state index in [0.717, 1.165) is 33.5 Å². The van der Waals surface area contributed by atoms with E-state index in [0.29, 0.717) is 23.7 Å². The fourth-order valence-electron chi connectivity index (χ4n) is 4.38. The normalized spacial score (nSPS) is 15.4. The van der Waals surface area contributed by atoms with E-state index in [-0.39, 0.29) is 17.1 Å². The Morgan fingerprint density at radius 3 is 2.64 bits per heavy atom. The Morgan fingerprint density at radius 2 is 1.91 bits per heavy atom. The molecule has 168 valence electrons. The van der Waals surface area contributed by atoms with Gasteiger partial charge in [-0.25, -0.2) is 9.18 Å². The Bertz CT molecular complexity index is 1350. The van der Waals surface area contributed by atoms with Gasteiger partial charge in [-0.15, -0.1) is 0 Å². The average Bonchev–Trinajstić information content (AvgIpc) is 3.18. The molecule has 0 spiro atoms. The highest BCUT2D eigenvalue weighted by Crippen LogP contribution is 2.39. The predicted molar refractivity (Wildman–Crippen MR) is 129 cm³/mol. The van der Waals surface area contributed by atoms with Crippen molar-refractivity contribution in [2.45, 2.75) is 12.5 Å². The first kappa shape index (κ1) is 21.6. The zero-order chi connectivity index (χ0) is 23.1. The lowest BCUT2D eigenvalue weighted by Gasteiger charge is -2.36. The number of anilines is 1. The van der Waals surface area contributed by atoms with E-state index in [9.17, 15) is 9.18 Å². The lowest BCUT2D eigenvalue weighted by atomic mass is 9.92. The zero-order valence-electron chi connectivity index (χ0n) is 17.7. The summed E-state index contributed by atoms with van der Waals surface area (Å²) >= 11 is 12.2. The number of hydrogen-bond donors (Lipinski definition) is 2. The lowest BCUT2D eigenvalue weighted by molar-refractivity contribution is 0.193. The summed E-state index contributed by atoms with van der Waals surface area (Å²) in [6.07, 6.45) is 0.667. The van der Waals surface area contributed by atoms with Crippen molar-refractivity contribution in [1.82, 2.24) is 9.88 Å². The van der Waals surface area contributed by atoms with Gasteiger partial charge >= 0.3 is 6.03 Å². The van der Waals surface area contributed by atoms with E-state index in [2.05, 4.69) is 10.3 Å². The Morgan fingerprint density at radius 1 is 1.12 bits per heavy atom. The van der Waals surface area contributed by atoms with Gasteiger partial charge in [0.15, 0.2) is 0 Å². The van der Waals surface area contributed by atoms with Gasteiger partial charge in [-0.05, 0) is 66.1 Å². The van der Waals surface area contributed by atoms with Crippen LogP contribution in [0.4, 0.5) is 14.9 Å². The molecule has 2 N–H and O–H groups in total. The van der Waals surface area contributed by atoms with Crippen LogP contribution in [0.3, 0.4) is 0 Å². The molecule has 33 heavy (non-hydrogen) atoms. The van der Waals surface area contributed by atoms with Gasteiger partial charge < -0.3 is 19.9 Å². The van der Waals surface area contributed by atoms with E-state index < -0.39 is 5.82 Å². The van der Waals surface area contributed by atoms with Gasteiger partial charge in [0.2, 0.25) is 0 Å². The lowest BCUT2D eigenvalue weighted by Crippen LogP contribution is -2.43. The number of aromatic nitrogens is 1. The minimum absolute atomic E-state index is 0.0482. The summed E-state index contributed by atoms with van der Waals surface area (Å²) in [5.74, 6) is 0.195. The standard InChI is InChI=1S/C25H20Cl2FN3O2/c1-33-17-6-2-14(3-7-17)24-23-18(19-12-15(26)4-9-22(19)30-23)10-11-31(24)25(32)29-16-5-8-21(28)20(27)13-16/h2-9,12-13,24,30H,10-11H2,1H3,(H,29,32). The van der Waals surface area contributed by atoms with Crippen molar-refractivity contribution in [2.75, 3.05) is 19.0 Å². The predicted octanol–water partition coefficient (Wildman–Crippen LogP) is 6.80. The highest BCUT2D eigenvalue weighted by molar-refractivity contribution is 6.31. The van der Waals surface area contributed by atoms with E-state index in [1.807, 2.05) is 42.5 Å². The Balaban J connectivity index is 1.57. The number of H-pyrrole nitrogens is 1. The third kappa shape index (κ3) is 4.01. The van der Waals surface area contributed by atoms with Gasteiger partial charge in [-0.1, -0.05) is 35.3 Å². The molecule has 1 aliphatic heterocycles. The van der Waals surface area contributed by atoms with Crippen LogP contribution in [0.15, 0.2) is 60.7 Å². The molecule has 4 aromatic rings. The molecule has 2 amide bonds. The summed E-state index contributed by atoms with van der Waals surface area (Å²) in [4.78, 5) is 18.6. The molecule has 0 fully saturated rings. The zero-order valence-corrected chi connectivity index (χ0v) is 19.2. The van der Waals surface area contributed by atoms with Gasteiger partial charge in [-0.2, -0.15) is 0 Å². The molecular weight excluding hydrogens is 464 g/mol. The van der Waals surface area contributed by atoms with Crippen LogP contribution in [0.25, 0.3) is 10.9 Å². The van der Waals surface area contributed by atoms with Crippen LogP contribution in [-0.4, -0.2) is 29.6 Å². The molecule has 1 aliphatic rings. The summed E-state index contributed by atoms with van der Waals surface area (Å²) in [5.41, 5.74) is 4.41. The third-order valence-corrected chi connectivity index (χ3v) is 6.48. The molecule has 1 unspecified atom stereocenters. The number of hydrogen-bond acceptors (Lipinski definition) is 2. The fourth-order valence-corrected chi connectivity index (χ4v) is 4.73. The Kier molecular flexibility index (Phi) is 5.64. The number of nitrogens with one attached hydrogen (secondary N) is 2. The maximum absolute atomic E-state index is 13.6. The summed E-state index contributed by atoms with van der Waals surface area (Å²) in [7, 11) is 1.61. The van der Waals surface area contributed by atoms with Crippen molar-refractivity contribution < 1.29 is 13.9 Å². The summed E-state index contributed by atoms with van der Waals surface area (Å²) in [5, 5.41) is 4.53. The van der Waals surface area contributed by atoms with Crippen LogP contribution in [0.2, 0.25) is 10.0 Å². The topological polar surface area (TPSA) is 57.4 Å². The van der Waals surface area contributed by atoms with Crippen molar-refractivity contribution in [1.29, 1.82) is 0 Å². The van der Waals surface area contributed by atoms with Crippen LogP contribution in [0.1, 0.15) is 22.9 Å². The largest absolute Gasteiger partial charge is 0.497 e. The van der Waals surface area contributed by atoms with Crippen molar-refractivity contribution in [3.05, 3.63) is 93.3 Å². The molecule has 8 heteroatoms. The molecule has 5 rings (SSSR count). The number of urea groups is 1. The second kappa shape index (κ2) is 8.61. The minimum atomic E-state index is -0.537. The van der Waals surface area contributed by atoms with Crippen LogP contribution in [-0.2, 0) is 6.42 Å². The van der Waals surface area contributed by atoms with Crippen LogP contribution >= 0.6 is 23.2 Å². The van der Waals surface area contributed by atoms with Gasteiger partial charge in [0.05, 0.1) is 18.2 Å². The highest BCUT2D eigenvalue weighted by Gasteiger charge is 2.34. The Labute approximate surface area is 200 Å². The third-order valence-electron chi connectivity index (χ3n) is 5.95.